The second-order valence-corrected chi connectivity index (χ2v) is 4.85. The number of nitrogens with two attached hydrogens (primary N) is 1. The molecule has 0 spiro atoms. The molecule has 0 aliphatic carbocycles. The fourth-order valence-electron chi connectivity index (χ4n) is 0.949. The minimum atomic E-state index is -4.65. The molecule has 0 atom stereocenters. The van der Waals surface area contributed by atoms with Gasteiger partial charge in [0.2, 0.25) is 0 Å². The van der Waals surface area contributed by atoms with Crippen LogP contribution in [-0.2, 0) is 16.2 Å². The van der Waals surface area contributed by atoms with Crippen molar-refractivity contribution in [2.24, 2.45) is 5.84 Å². The second kappa shape index (κ2) is 4.21. The fraction of sp³-hybridized carbons (Fsp3) is 0.143. The normalized spacial score (nSPS) is 12.8. The van der Waals surface area contributed by atoms with E-state index in [1.807, 2.05) is 0 Å². The first-order chi connectivity index (χ1) is 7.18. The Hall–Kier alpha value is -0.830. The number of alkyl halides is 3. The van der Waals surface area contributed by atoms with E-state index < -0.39 is 26.7 Å². The molecule has 16 heavy (non-hydrogen) atoms. The smallest absolute Gasteiger partial charge is 0.257 e. The number of nitrogens with one attached hydrogen (secondary N) is 1. The van der Waals surface area contributed by atoms with Crippen molar-refractivity contribution in [3.8, 4) is 0 Å². The van der Waals surface area contributed by atoms with Crippen LogP contribution in [0.25, 0.3) is 0 Å². The molecular weight excluding hydrogens is 269 g/mol. The van der Waals surface area contributed by atoms with Crippen LogP contribution in [0, 0.1) is 0 Å². The number of benzene rings is 1. The predicted molar refractivity (Wildman–Crippen MR) is 51.0 cm³/mol. The molecule has 0 amide bonds. The van der Waals surface area contributed by atoms with Gasteiger partial charge in [0, 0.05) is 0 Å². The van der Waals surface area contributed by atoms with E-state index in [1.165, 1.54) is 4.83 Å². The Balaban J connectivity index is 3.42. The van der Waals surface area contributed by atoms with Crippen molar-refractivity contribution >= 4 is 21.6 Å². The quantitative estimate of drug-likeness (QED) is 0.634. The maximum absolute atomic E-state index is 12.3. The first-order valence-electron chi connectivity index (χ1n) is 3.77. The molecule has 0 saturated carbocycles. The number of hydrogen-bond acceptors (Lipinski definition) is 3. The van der Waals surface area contributed by atoms with Crippen LogP contribution in [0.1, 0.15) is 5.56 Å². The van der Waals surface area contributed by atoms with Crippen molar-refractivity contribution in [2.45, 2.75) is 11.1 Å². The third-order valence-corrected chi connectivity index (χ3v) is 3.37. The van der Waals surface area contributed by atoms with Crippen molar-refractivity contribution in [1.29, 1.82) is 0 Å². The average molecular weight is 275 g/mol. The highest BCUT2D eigenvalue weighted by Gasteiger charge is 2.32. The Morgan fingerprint density at radius 1 is 1.31 bits per heavy atom. The Kier molecular flexibility index (Phi) is 3.48. The lowest BCUT2D eigenvalue weighted by Crippen LogP contribution is -2.30. The molecule has 3 N–H and O–H groups in total. The summed E-state index contributed by atoms with van der Waals surface area (Å²) in [7, 11) is -4.22. The summed E-state index contributed by atoms with van der Waals surface area (Å²) in [5.41, 5.74) is -1.12. The SMILES string of the molecule is NNS(=O)(=O)c1cc(C(F)(F)F)ccc1Cl. The van der Waals surface area contributed by atoms with Gasteiger partial charge in [0.25, 0.3) is 10.0 Å². The minimum Gasteiger partial charge on any atom is -0.257 e. The summed E-state index contributed by atoms with van der Waals surface area (Å²) < 4.78 is 59.3. The summed E-state index contributed by atoms with van der Waals surface area (Å²) in [5, 5.41) is -0.342. The summed E-state index contributed by atoms with van der Waals surface area (Å²) in [6, 6.07) is 1.93. The lowest BCUT2D eigenvalue weighted by molar-refractivity contribution is -0.137. The van der Waals surface area contributed by atoms with Crippen molar-refractivity contribution in [3.05, 3.63) is 28.8 Å². The lowest BCUT2D eigenvalue weighted by atomic mass is 10.2. The highest BCUT2D eigenvalue weighted by Crippen LogP contribution is 2.33. The van der Waals surface area contributed by atoms with Gasteiger partial charge >= 0.3 is 6.18 Å². The van der Waals surface area contributed by atoms with Gasteiger partial charge in [-0.15, -0.1) is 0 Å². The van der Waals surface area contributed by atoms with Crippen molar-refractivity contribution < 1.29 is 21.6 Å². The fourth-order valence-corrected chi connectivity index (χ4v) is 2.11. The Bertz CT molecular complexity index is 501. The third kappa shape index (κ3) is 2.64. The Morgan fingerprint density at radius 3 is 2.31 bits per heavy atom. The molecule has 1 aromatic rings. The van der Waals surface area contributed by atoms with E-state index in [1.54, 1.807) is 0 Å². The topological polar surface area (TPSA) is 72.2 Å². The van der Waals surface area contributed by atoms with Crippen LogP contribution < -0.4 is 10.7 Å². The van der Waals surface area contributed by atoms with Crippen molar-refractivity contribution in [2.75, 3.05) is 0 Å². The first kappa shape index (κ1) is 13.2. The Morgan fingerprint density at radius 2 is 1.88 bits per heavy atom. The van der Waals surface area contributed by atoms with E-state index in [2.05, 4.69) is 5.84 Å². The maximum Gasteiger partial charge on any atom is 0.416 e. The molecule has 1 aromatic carbocycles. The Labute approximate surface area is 94.2 Å². The van der Waals surface area contributed by atoms with Gasteiger partial charge in [0.15, 0.2) is 0 Å². The highest BCUT2D eigenvalue weighted by atomic mass is 35.5. The largest absolute Gasteiger partial charge is 0.416 e. The number of hydrazine groups is 1. The monoisotopic (exact) mass is 274 g/mol. The molecule has 0 heterocycles. The van der Waals surface area contributed by atoms with Gasteiger partial charge in [-0.25, -0.2) is 8.42 Å². The molecule has 0 aliphatic heterocycles. The molecule has 0 saturated heterocycles. The summed E-state index contributed by atoms with van der Waals surface area (Å²) in [6.45, 7) is 0. The van der Waals surface area contributed by atoms with Crippen LogP contribution in [0.5, 0.6) is 0 Å². The van der Waals surface area contributed by atoms with Crippen LogP contribution in [0.2, 0.25) is 5.02 Å². The average Bonchev–Trinajstić information content (AvgIpc) is 2.16. The summed E-state index contributed by atoms with van der Waals surface area (Å²) >= 11 is 5.47. The zero-order valence-corrected chi connectivity index (χ0v) is 9.12. The van der Waals surface area contributed by atoms with Crippen molar-refractivity contribution in [1.82, 2.24) is 4.83 Å². The van der Waals surface area contributed by atoms with Gasteiger partial charge < -0.3 is 0 Å². The van der Waals surface area contributed by atoms with Crippen LogP contribution in [0.4, 0.5) is 13.2 Å². The van der Waals surface area contributed by atoms with E-state index in [4.69, 9.17) is 11.6 Å². The molecule has 0 radical (unpaired) electrons. The van der Waals surface area contributed by atoms with Gasteiger partial charge in [0.05, 0.1) is 10.6 Å². The van der Waals surface area contributed by atoms with E-state index in [0.29, 0.717) is 12.1 Å². The number of halogens is 4. The first-order valence-corrected chi connectivity index (χ1v) is 5.64. The molecular formula is C7H6ClF3N2O2S. The summed E-state index contributed by atoms with van der Waals surface area (Å²) in [4.78, 5) is 0.681. The molecule has 0 unspecified atom stereocenters. The number of sulfonamides is 1. The summed E-state index contributed by atoms with van der Waals surface area (Å²) in [6.07, 6.45) is -4.65. The van der Waals surface area contributed by atoms with Gasteiger partial charge in [-0.2, -0.15) is 18.0 Å². The zero-order valence-electron chi connectivity index (χ0n) is 7.55. The third-order valence-electron chi connectivity index (χ3n) is 1.70. The van der Waals surface area contributed by atoms with E-state index in [9.17, 15) is 21.6 Å². The minimum absolute atomic E-state index is 0.342. The molecule has 0 aliphatic rings. The van der Waals surface area contributed by atoms with E-state index >= 15 is 0 Å². The zero-order chi connectivity index (χ0) is 12.6. The molecule has 0 fully saturated rings. The number of hydrogen-bond donors (Lipinski definition) is 2. The number of rotatable bonds is 2. The molecule has 0 bridgehead atoms. The van der Waals surface area contributed by atoms with Crippen LogP contribution >= 0.6 is 11.6 Å². The highest BCUT2D eigenvalue weighted by molar-refractivity contribution is 7.89. The van der Waals surface area contributed by atoms with E-state index in [-0.39, 0.29) is 5.02 Å². The summed E-state index contributed by atoms with van der Waals surface area (Å²) in [5.74, 6) is 4.69. The van der Waals surface area contributed by atoms with Gasteiger partial charge in [0.1, 0.15) is 4.90 Å². The van der Waals surface area contributed by atoms with Gasteiger partial charge in [-0.1, -0.05) is 11.6 Å². The van der Waals surface area contributed by atoms with Crippen LogP contribution in [0.3, 0.4) is 0 Å². The lowest BCUT2D eigenvalue weighted by Gasteiger charge is -2.10. The van der Waals surface area contributed by atoms with E-state index in [0.717, 1.165) is 6.07 Å². The maximum atomic E-state index is 12.3. The predicted octanol–water partition coefficient (Wildman–Crippen LogP) is 1.51. The second-order valence-electron chi connectivity index (χ2n) is 2.76. The molecule has 9 heteroatoms. The molecule has 4 nitrogen and oxygen atoms in total. The standard InChI is InChI=1S/C7H6ClF3N2O2S/c8-5-2-1-4(7(9,10)11)3-6(5)16(14,15)13-12/h1-3,13H,12H2. The van der Waals surface area contributed by atoms with Crippen LogP contribution in [-0.4, -0.2) is 8.42 Å². The molecule has 0 aromatic heterocycles. The molecule has 90 valence electrons. The van der Waals surface area contributed by atoms with Crippen molar-refractivity contribution in [3.63, 3.8) is 0 Å². The van der Waals surface area contributed by atoms with Crippen LogP contribution in [0.15, 0.2) is 23.1 Å². The molecule has 1 rings (SSSR count). The van der Waals surface area contributed by atoms with Gasteiger partial charge in [-0.05, 0) is 18.2 Å². The van der Waals surface area contributed by atoms with Gasteiger partial charge in [-0.3, -0.25) is 5.84 Å².